The second-order valence-corrected chi connectivity index (χ2v) is 14.3. The lowest BCUT2D eigenvalue weighted by molar-refractivity contribution is -0.389. The zero-order chi connectivity index (χ0) is 40.3. The molecule has 3 heterocycles. The molecule has 0 bridgehead atoms. The van der Waals surface area contributed by atoms with E-state index in [-0.39, 0.29) is 26.4 Å². The predicted molar refractivity (Wildman–Crippen MR) is 206 cm³/mol. The minimum atomic E-state index is -1.32. The van der Waals surface area contributed by atoms with Gasteiger partial charge in [0, 0.05) is 26.5 Å². The molecule has 58 heavy (non-hydrogen) atoms. The molecule has 4 aromatic rings. The second kappa shape index (κ2) is 20.4. The lowest BCUT2D eigenvalue weighted by Gasteiger charge is -2.51. The monoisotopic (exact) mass is 798 g/mol. The van der Waals surface area contributed by atoms with Crippen LogP contribution < -0.4 is 0 Å². The van der Waals surface area contributed by atoms with Crippen molar-refractivity contribution in [2.24, 2.45) is 0 Å². The van der Waals surface area contributed by atoms with Gasteiger partial charge in [-0.2, -0.15) is 0 Å². The first-order valence-electron chi connectivity index (χ1n) is 19.4. The molecule has 0 aromatic heterocycles. The van der Waals surface area contributed by atoms with Crippen LogP contribution in [0.5, 0.6) is 0 Å². The highest BCUT2D eigenvalue weighted by Gasteiger charge is 2.57. The molecular formula is C45H50O13. The van der Waals surface area contributed by atoms with E-state index in [1.165, 1.54) is 21.0 Å². The van der Waals surface area contributed by atoms with Crippen LogP contribution in [-0.2, 0) is 81.5 Å². The standard InChI is InChI=1S/C45H50O13/c1-29(46)53-40-38-36(28-52-43(57-38)34-22-14-7-15-23-34)56-45(42(40)54-30(2)47)58-37-35(27-49-24-31-16-8-4-9-17-31)55-44(48-3)41(51-26-33-20-12-6-13-21-33)39(37)50-25-32-18-10-5-11-19-32/h4-23,35-45H,24-28H2,1-3H3/t35-,36-,37-,38+,39+,40+,41-,42-,43?,44+,45+/m1/s1. The lowest BCUT2D eigenvalue weighted by Crippen LogP contribution is -2.67. The number of ether oxygens (including phenoxy) is 11. The summed E-state index contributed by atoms with van der Waals surface area (Å²) in [4.78, 5) is 25.5. The summed E-state index contributed by atoms with van der Waals surface area (Å²) in [7, 11) is 1.54. The summed E-state index contributed by atoms with van der Waals surface area (Å²) < 4.78 is 70.0. The molecule has 13 nitrogen and oxygen atoms in total. The van der Waals surface area contributed by atoms with Crippen molar-refractivity contribution >= 4 is 11.9 Å². The molecule has 308 valence electrons. The molecule has 0 radical (unpaired) electrons. The van der Waals surface area contributed by atoms with Gasteiger partial charge in [-0.3, -0.25) is 9.59 Å². The van der Waals surface area contributed by atoms with Crippen molar-refractivity contribution in [1.29, 1.82) is 0 Å². The summed E-state index contributed by atoms with van der Waals surface area (Å²) >= 11 is 0. The Kier molecular flexibility index (Phi) is 14.7. The van der Waals surface area contributed by atoms with Gasteiger partial charge in [0.05, 0.1) is 33.0 Å². The zero-order valence-electron chi connectivity index (χ0n) is 32.7. The van der Waals surface area contributed by atoms with E-state index in [1.807, 2.05) is 121 Å². The van der Waals surface area contributed by atoms with Gasteiger partial charge in [-0.05, 0) is 16.7 Å². The molecule has 3 saturated heterocycles. The minimum Gasteiger partial charge on any atom is -0.455 e. The molecule has 0 saturated carbocycles. The Balaban J connectivity index is 1.22. The maximum absolute atomic E-state index is 12.8. The van der Waals surface area contributed by atoms with Crippen molar-refractivity contribution in [3.05, 3.63) is 144 Å². The van der Waals surface area contributed by atoms with Gasteiger partial charge in [0.15, 0.2) is 31.1 Å². The number of methoxy groups -OCH3 is 1. The van der Waals surface area contributed by atoms with Crippen LogP contribution in [0.15, 0.2) is 121 Å². The van der Waals surface area contributed by atoms with Crippen LogP contribution in [0.25, 0.3) is 0 Å². The van der Waals surface area contributed by atoms with Crippen molar-refractivity contribution in [3.8, 4) is 0 Å². The number of rotatable bonds is 16. The second-order valence-electron chi connectivity index (χ2n) is 14.3. The van der Waals surface area contributed by atoms with Crippen LogP contribution in [0.3, 0.4) is 0 Å². The first-order chi connectivity index (χ1) is 28.4. The third-order valence-electron chi connectivity index (χ3n) is 10.0. The smallest absolute Gasteiger partial charge is 0.303 e. The largest absolute Gasteiger partial charge is 0.455 e. The van der Waals surface area contributed by atoms with Crippen LogP contribution in [-0.4, -0.2) is 93.7 Å². The summed E-state index contributed by atoms with van der Waals surface area (Å²) in [5, 5.41) is 0. The fourth-order valence-corrected chi connectivity index (χ4v) is 7.37. The zero-order valence-corrected chi connectivity index (χ0v) is 32.7. The molecule has 0 N–H and O–H groups in total. The first kappa shape index (κ1) is 41.6. The third kappa shape index (κ3) is 10.7. The fraction of sp³-hybridized carbons (Fsp3) is 0.422. The van der Waals surface area contributed by atoms with Crippen molar-refractivity contribution in [2.75, 3.05) is 20.3 Å². The highest BCUT2D eigenvalue weighted by Crippen LogP contribution is 2.39. The Morgan fingerprint density at radius 1 is 0.586 bits per heavy atom. The van der Waals surface area contributed by atoms with Crippen molar-refractivity contribution in [3.63, 3.8) is 0 Å². The maximum atomic E-state index is 12.8. The fourth-order valence-electron chi connectivity index (χ4n) is 7.37. The lowest BCUT2D eigenvalue weighted by atomic mass is 9.95. The van der Waals surface area contributed by atoms with Crippen LogP contribution in [0.4, 0.5) is 0 Å². The number of benzene rings is 4. The third-order valence-corrected chi connectivity index (χ3v) is 10.0. The molecular weight excluding hydrogens is 748 g/mol. The molecule has 11 atom stereocenters. The van der Waals surface area contributed by atoms with Gasteiger partial charge in [0.25, 0.3) is 0 Å². The predicted octanol–water partition coefficient (Wildman–Crippen LogP) is 5.83. The van der Waals surface area contributed by atoms with Crippen molar-refractivity contribution in [2.45, 2.75) is 101 Å². The van der Waals surface area contributed by atoms with Gasteiger partial charge in [0.2, 0.25) is 0 Å². The van der Waals surface area contributed by atoms with Gasteiger partial charge in [-0.25, -0.2) is 0 Å². The topological polar surface area (TPSA) is 136 Å². The van der Waals surface area contributed by atoms with E-state index < -0.39 is 79.6 Å². The van der Waals surface area contributed by atoms with Gasteiger partial charge in [-0.15, -0.1) is 0 Å². The molecule has 0 spiro atoms. The highest BCUT2D eigenvalue weighted by molar-refractivity contribution is 5.67. The van der Waals surface area contributed by atoms with Gasteiger partial charge < -0.3 is 52.1 Å². The summed E-state index contributed by atoms with van der Waals surface area (Å²) in [5.41, 5.74) is 3.56. The summed E-state index contributed by atoms with van der Waals surface area (Å²) in [5.74, 6) is -1.25. The van der Waals surface area contributed by atoms with E-state index in [9.17, 15) is 9.59 Å². The molecule has 13 heteroatoms. The van der Waals surface area contributed by atoms with Gasteiger partial charge in [0.1, 0.15) is 36.6 Å². The molecule has 0 aliphatic carbocycles. The Bertz CT molecular complexity index is 1850. The quantitative estimate of drug-likeness (QED) is 0.126. The van der Waals surface area contributed by atoms with E-state index in [1.54, 1.807) is 0 Å². The highest BCUT2D eigenvalue weighted by atomic mass is 16.8. The Morgan fingerprint density at radius 2 is 1.12 bits per heavy atom. The van der Waals surface area contributed by atoms with E-state index in [4.69, 9.17) is 52.1 Å². The minimum absolute atomic E-state index is 0.0470. The van der Waals surface area contributed by atoms with Crippen LogP contribution in [0.1, 0.15) is 42.4 Å². The first-order valence-corrected chi connectivity index (χ1v) is 19.4. The number of carbonyl (C=O) groups excluding carboxylic acids is 2. The molecule has 3 fully saturated rings. The van der Waals surface area contributed by atoms with E-state index in [2.05, 4.69) is 0 Å². The van der Waals surface area contributed by atoms with Gasteiger partial charge >= 0.3 is 11.9 Å². The molecule has 3 aliphatic heterocycles. The number of hydrogen-bond acceptors (Lipinski definition) is 13. The summed E-state index contributed by atoms with van der Waals surface area (Å²) in [6.07, 6.45) is -10.6. The Hall–Kier alpha value is -4.54. The van der Waals surface area contributed by atoms with E-state index >= 15 is 0 Å². The van der Waals surface area contributed by atoms with E-state index in [0.29, 0.717) is 6.61 Å². The van der Waals surface area contributed by atoms with Crippen molar-refractivity contribution in [1.82, 2.24) is 0 Å². The molecule has 7 rings (SSSR count). The van der Waals surface area contributed by atoms with E-state index in [0.717, 1.165) is 22.3 Å². The molecule has 1 unspecified atom stereocenters. The number of hydrogen-bond donors (Lipinski definition) is 0. The molecule has 3 aliphatic rings. The maximum Gasteiger partial charge on any atom is 0.303 e. The Morgan fingerprint density at radius 3 is 1.69 bits per heavy atom. The molecule has 0 amide bonds. The number of esters is 2. The number of fused-ring (bicyclic) bond motifs is 1. The van der Waals surface area contributed by atoms with Crippen molar-refractivity contribution < 1.29 is 61.7 Å². The normalized spacial score (nSPS) is 29.5. The summed E-state index contributed by atoms with van der Waals surface area (Å²) in [6, 6.07) is 38.5. The SMILES string of the molecule is CO[C@H]1O[C@H](COCc2ccccc2)[C@@H](O[C@@H]2O[C@@H]3COC(c4ccccc4)O[C@@H]3[C@H](OC(C)=O)[C@H]2OC(C)=O)[C@H](OCc2ccccc2)[C@H]1OCc1ccccc1. The van der Waals surface area contributed by atoms with Gasteiger partial charge in [-0.1, -0.05) is 121 Å². The van der Waals surface area contributed by atoms with Crippen LogP contribution in [0.2, 0.25) is 0 Å². The molecule has 4 aromatic carbocycles. The van der Waals surface area contributed by atoms with Crippen LogP contribution in [0, 0.1) is 0 Å². The summed E-state index contributed by atoms with van der Waals surface area (Å²) in [6.45, 7) is 3.34. The number of carbonyl (C=O) groups is 2. The Labute approximate surface area is 338 Å². The average molecular weight is 799 g/mol. The van der Waals surface area contributed by atoms with Crippen LogP contribution >= 0.6 is 0 Å². The average Bonchev–Trinajstić information content (AvgIpc) is 3.25.